The summed E-state index contributed by atoms with van der Waals surface area (Å²) in [6.07, 6.45) is 6.52. The second-order valence-electron chi connectivity index (χ2n) is 5.06. The van der Waals surface area contributed by atoms with E-state index in [0.717, 1.165) is 0 Å². The van der Waals surface area contributed by atoms with Crippen molar-refractivity contribution < 1.29 is 14.7 Å². The number of urea groups is 1. The Hall–Kier alpha value is -1.26. The fourth-order valence-electron chi connectivity index (χ4n) is 2.50. The van der Waals surface area contributed by atoms with E-state index in [-0.39, 0.29) is 6.03 Å². The van der Waals surface area contributed by atoms with Crippen molar-refractivity contribution in [1.82, 2.24) is 10.2 Å². The Morgan fingerprint density at radius 2 is 1.94 bits per heavy atom. The minimum Gasteiger partial charge on any atom is -0.480 e. The number of aliphatic carboxylic acids is 1. The van der Waals surface area contributed by atoms with Crippen molar-refractivity contribution >= 4 is 12.0 Å². The third kappa shape index (κ3) is 4.20. The number of amides is 2. The van der Waals surface area contributed by atoms with E-state index in [9.17, 15) is 9.59 Å². The van der Waals surface area contributed by atoms with Gasteiger partial charge in [-0.15, -0.1) is 0 Å². The van der Waals surface area contributed by atoms with E-state index < -0.39 is 12.0 Å². The fraction of sp³-hybridized carbons (Fsp3) is 0.846. The second kappa shape index (κ2) is 7.24. The van der Waals surface area contributed by atoms with Crippen molar-refractivity contribution in [2.24, 2.45) is 5.92 Å². The van der Waals surface area contributed by atoms with Crippen LogP contribution in [0, 0.1) is 5.92 Å². The number of carboxylic acids is 1. The molecule has 0 aromatic heterocycles. The Morgan fingerprint density at radius 3 is 2.44 bits per heavy atom. The van der Waals surface area contributed by atoms with Crippen LogP contribution in [0.2, 0.25) is 0 Å². The summed E-state index contributed by atoms with van der Waals surface area (Å²) >= 11 is 0. The molecule has 1 fully saturated rings. The van der Waals surface area contributed by atoms with Crippen molar-refractivity contribution in [3.8, 4) is 0 Å². The van der Waals surface area contributed by atoms with E-state index in [0.29, 0.717) is 18.9 Å². The molecule has 1 aliphatic rings. The van der Waals surface area contributed by atoms with Crippen LogP contribution in [0.25, 0.3) is 0 Å². The molecule has 0 aliphatic heterocycles. The highest BCUT2D eigenvalue weighted by atomic mass is 16.4. The van der Waals surface area contributed by atoms with Gasteiger partial charge < -0.3 is 15.3 Å². The van der Waals surface area contributed by atoms with Crippen LogP contribution in [0.3, 0.4) is 0 Å². The van der Waals surface area contributed by atoms with E-state index in [4.69, 9.17) is 5.11 Å². The zero-order valence-electron chi connectivity index (χ0n) is 11.3. The third-order valence-electron chi connectivity index (χ3n) is 3.73. The molecule has 2 amide bonds. The number of carboxylic acid groups (broad SMARTS) is 1. The molecule has 0 heterocycles. The van der Waals surface area contributed by atoms with Gasteiger partial charge in [0.05, 0.1) is 0 Å². The molecule has 0 aromatic carbocycles. The van der Waals surface area contributed by atoms with Gasteiger partial charge in [-0.1, -0.05) is 26.2 Å². The molecule has 0 radical (unpaired) electrons. The standard InChI is InChI=1S/C13H24N2O3/c1-3-11(12(16)17)15(2)13(18)14-9-10-7-5-4-6-8-10/h10-11H,3-9H2,1-2H3,(H,14,18)(H,16,17). The van der Waals surface area contributed by atoms with Gasteiger partial charge in [0.2, 0.25) is 0 Å². The predicted octanol–water partition coefficient (Wildman–Crippen LogP) is 2.07. The number of carbonyl (C=O) groups excluding carboxylic acids is 1. The minimum atomic E-state index is -0.951. The van der Waals surface area contributed by atoms with Crippen LogP contribution in [-0.2, 0) is 4.79 Å². The Labute approximate surface area is 109 Å². The third-order valence-corrected chi connectivity index (χ3v) is 3.73. The van der Waals surface area contributed by atoms with Crippen molar-refractivity contribution in [1.29, 1.82) is 0 Å². The molecule has 5 heteroatoms. The van der Waals surface area contributed by atoms with Crippen molar-refractivity contribution in [3.63, 3.8) is 0 Å². The minimum absolute atomic E-state index is 0.283. The summed E-state index contributed by atoms with van der Waals surface area (Å²) in [6, 6.07) is -1.02. The highest BCUT2D eigenvalue weighted by Gasteiger charge is 2.25. The van der Waals surface area contributed by atoms with Gasteiger partial charge in [0.15, 0.2) is 0 Å². The molecular formula is C13H24N2O3. The van der Waals surface area contributed by atoms with Gasteiger partial charge in [0.25, 0.3) is 0 Å². The smallest absolute Gasteiger partial charge is 0.326 e. The number of hydrogen-bond acceptors (Lipinski definition) is 2. The molecular weight excluding hydrogens is 232 g/mol. The quantitative estimate of drug-likeness (QED) is 0.791. The van der Waals surface area contributed by atoms with Crippen LogP contribution in [-0.4, -0.2) is 41.6 Å². The summed E-state index contributed by atoms with van der Waals surface area (Å²) in [5.41, 5.74) is 0. The van der Waals surface area contributed by atoms with Crippen LogP contribution in [0.5, 0.6) is 0 Å². The first-order valence-electron chi connectivity index (χ1n) is 6.79. The van der Waals surface area contributed by atoms with E-state index >= 15 is 0 Å². The Balaban J connectivity index is 2.36. The van der Waals surface area contributed by atoms with Gasteiger partial charge in [-0.25, -0.2) is 9.59 Å². The molecule has 1 aliphatic carbocycles. The maximum atomic E-state index is 11.8. The molecule has 0 spiro atoms. The van der Waals surface area contributed by atoms with E-state index in [1.165, 1.54) is 37.0 Å². The molecule has 1 saturated carbocycles. The van der Waals surface area contributed by atoms with Gasteiger partial charge in [-0.3, -0.25) is 0 Å². The van der Waals surface area contributed by atoms with Gasteiger partial charge in [0, 0.05) is 13.6 Å². The van der Waals surface area contributed by atoms with Crippen LogP contribution in [0.15, 0.2) is 0 Å². The average molecular weight is 256 g/mol. The van der Waals surface area contributed by atoms with Gasteiger partial charge in [-0.2, -0.15) is 0 Å². The topological polar surface area (TPSA) is 69.6 Å². The summed E-state index contributed by atoms with van der Waals surface area (Å²) < 4.78 is 0. The largest absolute Gasteiger partial charge is 0.480 e. The molecule has 0 bridgehead atoms. The molecule has 1 rings (SSSR count). The number of carbonyl (C=O) groups is 2. The maximum absolute atomic E-state index is 11.8. The zero-order valence-corrected chi connectivity index (χ0v) is 11.3. The summed E-state index contributed by atoms with van der Waals surface area (Å²) in [7, 11) is 1.54. The number of hydrogen-bond donors (Lipinski definition) is 2. The lowest BCUT2D eigenvalue weighted by molar-refractivity contribution is -0.141. The molecule has 0 aromatic rings. The van der Waals surface area contributed by atoms with Crippen molar-refractivity contribution in [3.05, 3.63) is 0 Å². The van der Waals surface area contributed by atoms with Crippen LogP contribution in [0.4, 0.5) is 4.79 Å². The van der Waals surface area contributed by atoms with Crippen molar-refractivity contribution in [2.75, 3.05) is 13.6 Å². The first kappa shape index (κ1) is 14.8. The number of nitrogens with zero attached hydrogens (tertiary/aromatic N) is 1. The summed E-state index contributed by atoms with van der Waals surface area (Å²) in [5.74, 6) is -0.395. The summed E-state index contributed by atoms with van der Waals surface area (Å²) in [6.45, 7) is 2.43. The number of likely N-dealkylation sites (N-methyl/N-ethyl adjacent to an activating group) is 1. The molecule has 18 heavy (non-hydrogen) atoms. The molecule has 1 unspecified atom stereocenters. The van der Waals surface area contributed by atoms with Crippen LogP contribution < -0.4 is 5.32 Å². The highest BCUT2D eigenvalue weighted by Crippen LogP contribution is 2.22. The second-order valence-corrected chi connectivity index (χ2v) is 5.06. The highest BCUT2D eigenvalue weighted by molar-refractivity contribution is 5.82. The first-order chi connectivity index (χ1) is 8.56. The average Bonchev–Trinajstić information content (AvgIpc) is 2.37. The first-order valence-corrected chi connectivity index (χ1v) is 6.79. The van der Waals surface area contributed by atoms with Crippen molar-refractivity contribution in [2.45, 2.75) is 51.5 Å². The predicted molar refractivity (Wildman–Crippen MR) is 69.5 cm³/mol. The number of rotatable bonds is 5. The lowest BCUT2D eigenvalue weighted by atomic mass is 9.89. The van der Waals surface area contributed by atoms with E-state index in [2.05, 4.69) is 5.32 Å². The van der Waals surface area contributed by atoms with Crippen LogP contribution >= 0.6 is 0 Å². The van der Waals surface area contributed by atoms with E-state index in [1.807, 2.05) is 0 Å². The monoisotopic (exact) mass is 256 g/mol. The molecule has 5 nitrogen and oxygen atoms in total. The molecule has 0 saturated heterocycles. The number of nitrogens with one attached hydrogen (secondary N) is 1. The van der Waals surface area contributed by atoms with Crippen LogP contribution in [0.1, 0.15) is 45.4 Å². The summed E-state index contributed by atoms with van der Waals surface area (Å²) in [4.78, 5) is 24.1. The van der Waals surface area contributed by atoms with Gasteiger partial charge in [0.1, 0.15) is 6.04 Å². The van der Waals surface area contributed by atoms with Gasteiger partial charge >= 0.3 is 12.0 Å². The zero-order chi connectivity index (χ0) is 13.5. The molecule has 1 atom stereocenters. The SMILES string of the molecule is CCC(C(=O)O)N(C)C(=O)NCC1CCCCC1. The Kier molecular flexibility index (Phi) is 5.95. The van der Waals surface area contributed by atoms with E-state index in [1.54, 1.807) is 14.0 Å². The lowest BCUT2D eigenvalue weighted by Gasteiger charge is -2.26. The molecule has 2 N–H and O–H groups in total. The normalized spacial score (nSPS) is 18.1. The molecule has 104 valence electrons. The Bertz CT molecular complexity index is 288. The summed E-state index contributed by atoms with van der Waals surface area (Å²) in [5, 5.41) is 11.8. The van der Waals surface area contributed by atoms with Gasteiger partial charge in [-0.05, 0) is 25.2 Å². The maximum Gasteiger partial charge on any atom is 0.326 e. The Morgan fingerprint density at radius 1 is 1.33 bits per heavy atom. The lowest BCUT2D eigenvalue weighted by Crippen LogP contribution is -2.48. The fourth-order valence-corrected chi connectivity index (χ4v) is 2.50.